The van der Waals surface area contributed by atoms with Crippen LogP contribution in [0, 0.1) is 0 Å². The lowest BCUT2D eigenvalue weighted by Crippen LogP contribution is -2.38. The fourth-order valence-electron chi connectivity index (χ4n) is 2.42. The number of nitrogens with one attached hydrogen (secondary N) is 1. The third-order valence-electron chi connectivity index (χ3n) is 3.68. The van der Waals surface area contributed by atoms with Crippen LogP contribution >= 0.6 is 0 Å². The summed E-state index contributed by atoms with van der Waals surface area (Å²) in [6.07, 6.45) is 1.03. The summed E-state index contributed by atoms with van der Waals surface area (Å²) in [6.45, 7) is 2.12. The van der Waals surface area contributed by atoms with Crippen molar-refractivity contribution >= 4 is 17.3 Å². The molecule has 3 rings (SSSR count). The number of ether oxygens (including phenoxy) is 1. The molecule has 1 aliphatic heterocycles. The number of nitrogens with two attached hydrogens (primary N) is 1. The van der Waals surface area contributed by atoms with E-state index in [1.165, 1.54) is 5.56 Å². The van der Waals surface area contributed by atoms with Gasteiger partial charge in [-0.3, -0.25) is 4.79 Å². The van der Waals surface area contributed by atoms with E-state index in [2.05, 4.69) is 24.4 Å². The number of aryl methyl sites for hydroxylation is 1. The number of nitrogen functional groups attached to an aromatic ring is 1. The third-order valence-corrected chi connectivity index (χ3v) is 3.68. The maximum absolute atomic E-state index is 12.1. The smallest absolute Gasteiger partial charge is 0.265 e. The van der Waals surface area contributed by atoms with Crippen LogP contribution in [0.25, 0.3) is 0 Å². The first-order valence-electron chi connectivity index (χ1n) is 7.10. The van der Waals surface area contributed by atoms with Crippen LogP contribution in [0.15, 0.2) is 42.5 Å². The molecule has 4 nitrogen and oxygen atoms in total. The molecule has 1 heterocycles. The Morgan fingerprint density at radius 2 is 1.86 bits per heavy atom. The standard InChI is InChI=1S/C17H18N2O2/c1-2-11-3-5-12(6-4-11)9-16-17(20)19-14-8-7-13(18)10-15(14)21-16/h3-8,10,16H,2,9,18H2,1H3,(H,19,20). The highest BCUT2D eigenvalue weighted by Gasteiger charge is 2.27. The second kappa shape index (κ2) is 5.48. The molecule has 3 N–H and O–H groups in total. The van der Waals surface area contributed by atoms with E-state index in [1.807, 2.05) is 12.1 Å². The van der Waals surface area contributed by atoms with Gasteiger partial charge in [0, 0.05) is 18.2 Å². The zero-order valence-electron chi connectivity index (χ0n) is 11.9. The summed E-state index contributed by atoms with van der Waals surface area (Å²) in [6, 6.07) is 13.5. The van der Waals surface area contributed by atoms with Crippen molar-refractivity contribution in [2.45, 2.75) is 25.9 Å². The van der Waals surface area contributed by atoms with Crippen molar-refractivity contribution in [3.05, 3.63) is 53.6 Å². The van der Waals surface area contributed by atoms with E-state index in [0.29, 0.717) is 23.5 Å². The molecule has 4 heteroatoms. The SMILES string of the molecule is CCc1ccc(CC2Oc3cc(N)ccc3NC2=O)cc1. The Morgan fingerprint density at radius 3 is 2.57 bits per heavy atom. The van der Waals surface area contributed by atoms with Gasteiger partial charge in [-0.25, -0.2) is 0 Å². The fourth-order valence-corrected chi connectivity index (χ4v) is 2.42. The summed E-state index contributed by atoms with van der Waals surface area (Å²) in [5, 5.41) is 2.86. The average Bonchev–Trinajstić information content (AvgIpc) is 2.49. The normalized spacial score (nSPS) is 16.8. The van der Waals surface area contributed by atoms with Gasteiger partial charge < -0.3 is 15.8 Å². The number of rotatable bonds is 3. The van der Waals surface area contributed by atoms with Gasteiger partial charge in [-0.15, -0.1) is 0 Å². The minimum atomic E-state index is -0.522. The molecule has 0 radical (unpaired) electrons. The molecule has 2 aromatic carbocycles. The number of carbonyl (C=O) groups is 1. The zero-order chi connectivity index (χ0) is 14.8. The Balaban J connectivity index is 1.78. The predicted octanol–water partition coefficient (Wildman–Crippen LogP) is 2.77. The third kappa shape index (κ3) is 2.84. The van der Waals surface area contributed by atoms with E-state index >= 15 is 0 Å². The summed E-state index contributed by atoms with van der Waals surface area (Å²) < 4.78 is 5.79. The van der Waals surface area contributed by atoms with Crippen molar-refractivity contribution in [2.24, 2.45) is 0 Å². The van der Waals surface area contributed by atoms with Gasteiger partial charge in [0.15, 0.2) is 6.10 Å². The highest BCUT2D eigenvalue weighted by Crippen LogP contribution is 2.32. The molecule has 108 valence electrons. The topological polar surface area (TPSA) is 64.3 Å². The van der Waals surface area contributed by atoms with Crippen molar-refractivity contribution in [3.63, 3.8) is 0 Å². The lowest BCUT2D eigenvalue weighted by atomic mass is 10.0. The average molecular weight is 282 g/mol. The largest absolute Gasteiger partial charge is 0.478 e. The summed E-state index contributed by atoms with van der Waals surface area (Å²) >= 11 is 0. The molecule has 21 heavy (non-hydrogen) atoms. The van der Waals surface area contributed by atoms with Gasteiger partial charge in [0.1, 0.15) is 5.75 Å². The Labute approximate surface area is 123 Å². The second-order valence-electron chi connectivity index (χ2n) is 5.23. The Bertz CT molecular complexity index is 665. The molecule has 0 fully saturated rings. The molecular formula is C17H18N2O2. The molecule has 0 saturated carbocycles. The Kier molecular flexibility index (Phi) is 3.52. The first-order chi connectivity index (χ1) is 10.2. The first kappa shape index (κ1) is 13.5. The van der Waals surface area contributed by atoms with Crippen LogP contribution in [-0.4, -0.2) is 12.0 Å². The van der Waals surface area contributed by atoms with Crippen LogP contribution in [0.4, 0.5) is 11.4 Å². The first-order valence-corrected chi connectivity index (χ1v) is 7.10. The highest BCUT2D eigenvalue weighted by atomic mass is 16.5. The summed E-state index contributed by atoms with van der Waals surface area (Å²) in [5.74, 6) is 0.511. The molecule has 0 saturated heterocycles. The number of fused-ring (bicyclic) bond motifs is 1. The Hall–Kier alpha value is -2.49. The highest BCUT2D eigenvalue weighted by molar-refractivity contribution is 5.98. The molecule has 0 aromatic heterocycles. The minimum Gasteiger partial charge on any atom is -0.478 e. The molecule has 0 spiro atoms. The number of benzene rings is 2. The van der Waals surface area contributed by atoms with Crippen molar-refractivity contribution in [2.75, 3.05) is 11.1 Å². The second-order valence-corrected chi connectivity index (χ2v) is 5.23. The maximum atomic E-state index is 12.1. The minimum absolute atomic E-state index is 0.119. The summed E-state index contributed by atoms with van der Waals surface area (Å²) in [7, 11) is 0. The number of hydrogen-bond donors (Lipinski definition) is 2. The van der Waals surface area contributed by atoms with Crippen molar-refractivity contribution in [1.29, 1.82) is 0 Å². The fraction of sp³-hybridized carbons (Fsp3) is 0.235. The van der Waals surface area contributed by atoms with E-state index in [4.69, 9.17) is 10.5 Å². The van der Waals surface area contributed by atoms with Gasteiger partial charge in [-0.2, -0.15) is 0 Å². The van der Waals surface area contributed by atoms with Gasteiger partial charge in [-0.1, -0.05) is 31.2 Å². The van der Waals surface area contributed by atoms with Gasteiger partial charge in [0.2, 0.25) is 0 Å². The quantitative estimate of drug-likeness (QED) is 0.851. The lowest BCUT2D eigenvalue weighted by molar-refractivity contribution is -0.123. The van der Waals surface area contributed by atoms with E-state index in [0.717, 1.165) is 12.0 Å². The van der Waals surface area contributed by atoms with E-state index in [1.54, 1.807) is 18.2 Å². The van der Waals surface area contributed by atoms with Crippen LogP contribution in [0.2, 0.25) is 0 Å². The van der Waals surface area contributed by atoms with Crippen molar-refractivity contribution in [3.8, 4) is 5.75 Å². The van der Waals surface area contributed by atoms with Crippen LogP contribution < -0.4 is 15.8 Å². The molecule has 1 unspecified atom stereocenters. The monoisotopic (exact) mass is 282 g/mol. The molecule has 1 aliphatic rings. The summed E-state index contributed by atoms with van der Waals surface area (Å²) in [5.41, 5.74) is 9.41. The van der Waals surface area contributed by atoms with Gasteiger partial charge >= 0.3 is 0 Å². The van der Waals surface area contributed by atoms with Crippen LogP contribution in [-0.2, 0) is 17.6 Å². The molecule has 0 aliphatic carbocycles. The van der Waals surface area contributed by atoms with E-state index in [9.17, 15) is 4.79 Å². The van der Waals surface area contributed by atoms with Crippen LogP contribution in [0.5, 0.6) is 5.75 Å². The summed E-state index contributed by atoms with van der Waals surface area (Å²) in [4.78, 5) is 12.1. The van der Waals surface area contributed by atoms with Crippen molar-refractivity contribution < 1.29 is 9.53 Å². The molecule has 1 amide bonds. The van der Waals surface area contributed by atoms with Crippen LogP contribution in [0.3, 0.4) is 0 Å². The van der Waals surface area contributed by atoms with E-state index < -0.39 is 6.10 Å². The number of hydrogen-bond acceptors (Lipinski definition) is 3. The van der Waals surface area contributed by atoms with Gasteiger partial charge in [0.05, 0.1) is 5.69 Å². The maximum Gasteiger partial charge on any atom is 0.265 e. The van der Waals surface area contributed by atoms with Crippen molar-refractivity contribution in [1.82, 2.24) is 0 Å². The zero-order valence-corrected chi connectivity index (χ0v) is 11.9. The molecular weight excluding hydrogens is 264 g/mol. The molecule has 2 aromatic rings. The predicted molar refractivity (Wildman–Crippen MR) is 83.4 cm³/mol. The van der Waals surface area contributed by atoms with Gasteiger partial charge in [-0.05, 0) is 29.7 Å². The number of anilines is 2. The lowest BCUT2D eigenvalue weighted by Gasteiger charge is -2.26. The molecule has 0 bridgehead atoms. The number of amides is 1. The van der Waals surface area contributed by atoms with Crippen LogP contribution in [0.1, 0.15) is 18.1 Å². The van der Waals surface area contributed by atoms with E-state index in [-0.39, 0.29) is 5.91 Å². The Morgan fingerprint density at radius 1 is 1.14 bits per heavy atom. The number of carbonyl (C=O) groups excluding carboxylic acids is 1. The molecule has 1 atom stereocenters. The van der Waals surface area contributed by atoms with Gasteiger partial charge in [0.25, 0.3) is 5.91 Å².